The molecule has 150 valence electrons. The Morgan fingerprint density at radius 3 is 2.30 bits per heavy atom. The average Bonchev–Trinajstić information content (AvgIpc) is 3.09. The van der Waals surface area contributed by atoms with Crippen molar-refractivity contribution in [3.8, 4) is 5.75 Å². The zero-order valence-electron chi connectivity index (χ0n) is 15.3. The Morgan fingerprint density at radius 1 is 1.22 bits per heavy atom. The Labute approximate surface area is 176 Å². The van der Waals surface area contributed by atoms with Gasteiger partial charge in [-0.25, -0.2) is 9.78 Å². The summed E-state index contributed by atoms with van der Waals surface area (Å²) in [6, 6.07) is 2.97. The number of nitrogens with zero attached hydrogens (tertiary/aromatic N) is 3. The van der Waals surface area contributed by atoms with Gasteiger partial charge in [-0.3, -0.25) is 8.78 Å². The van der Waals surface area contributed by atoms with E-state index < -0.39 is 10.8 Å². The lowest BCUT2D eigenvalue weighted by Crippen LogP contribution is -2.37. The fraction of sp³-hybridized carbons (Fsp3) is 0.412. The second kappa shape index (κ2) is 12.2. The Kier molecular flexibility index (Phi) is 10.8. The first-order valence-corrected chi connectivity index (χ1v) is 11.2. The lowest BCUT2D eigenvalue weighted by atomic mass is 10.3. The van der Waals surface area contributed by atoms with Crippen LogP contribution in [0.4, 0.5) is 4.79 Å². The Hall–Kier alpha value is -1.28. The molecule has 0 saturated heterocycles. The minimum Gasteiger partial charge on any atom is -0.489 e. The minimum absolute atomic E-state index is 0.152. The van der Waals surface area contributed by atoms with Gasteiger partial charge in [0.1, 0.15) is 12.9 Å². The first-order chi connectivity index (χ1) is 12.8. The van der Waals surface area contributed by atoms with Crippen LogP contribution in [-0.2, 0) is 10.8 Å². The molecule has 0 radical (unpaired) electrons. The maximum Gasteiger partial charge on any atom is 0.329 e. The smallest absolute Gasteiger partial charge is 0.329 e. The predicted octanol–water partition coefficient (Wildman–Crippen LogP) is 4.60. The molecule has 2 rings (SSSR count). The number of carbonyl (C=O) groups excluding carboxylic acids is 1. The first-order valence-electron chi connectivity index (χ1n) is 8.05. The lowest BCUT2D eigenvalue weighted by molar-refractivity contribution is 0.184. The molecule has 0 atom stereocenters. The van der Waals surface area contributed by atoms with E-state index in [1.165, 1.54) is 10.9 Å². The van der Waals surface area contributed by atoms with Crippen LogP contribution in [0.2, 0.25) is 15.1 Å². The van der Waals surface area contributed by atoms with Crippen LogP contribution in [0.15, 0.2) is 30.9 Å². The molecule has 1 aromatic heterocycles. The fourth-order valence-corrected chi connectivity index (χ4v) is 2.96. The molecule has 2 aromatic rings. The zero-order chi connectivity index (χ0) is 20.4. The minimum atomic E-state index is -0.611. The molecule has 0 aliphatic heterocycles. The molecule has 0 aliphatic carbocycles. The topological polar surface area (TPSA) is 64.4 Å². The van der Waals surface area contributed by atoms with Gasteiger partial charge in [0.25, 0.3) is 0 Å². The van der Waals surface area contributed by atoms with Crippen molar-refractivity contribution in [2.24, 2.45) is 0 Å². The number of imidazole rings is 1. The summed E-state index contributed by atoms with van der Waals surface area (Å²) in [7, 11) is -0.611. The summed E-state index contributed by atoms with van der Waals surface area (Å²) < 4.78 is 16.6. The number of hydrogen-bond acceptors (Lipinski definition) is 4. The van der Waals surface area contributed by atoms with Gasteiger partial charge in [-0.1, -0.05) is 41.7 Å². The van der Waals surface area contributed by atoms with E-state index in [1.807, 2.05) is 6.92 Å². The van der Waals surface area contributed by atoms with Crippen LogP contribution in [0.5, 0.6) is 5.75 Å². The number of rotatable bonds is 6. The van der Waals surface area contributed by atoms with Crippen LogP contribution >= 0.6 is 34.8 Å². The Balaban J connectivity index is 0.000000828. The molecule has 0 unspecified atom stereocenters. The lowest BCUT2D eigenvalue weighted by Gasteiger charge is -2.22. The van der Waals surface area contributed by atoms with Crippen LogP contribution in [0.1, 0.15) is 13.3 Å². The number of amides is 1. The maximum atomic E-state index is 12.3. The first kappa shape index (κ1) is 23.8. The molecule has 0 fully saturated rings. The zero-order valence-corrected chi connectivity index (χ0v) is 18.4. The van der Waals surface area contributed by atoms with Crippen molar-refractivity contribution in [1.29, 1.82) is 0 Å². The highest BCUT2D eigenvalue weighted by Crippen LogP contribution is 2.35. The normalized spacial score (nSPS) is 10.3. The van der Waals surface area contributed by atoms with E-state index >= 15 is 0 Å². The van der Waals surface area contributed by atoms with Crippen LogP contribution in [0.3, 0.4) is 0 Å². The quantitative estimate of drug-likeness (QED) is 0.640. The van der Waals surface area contributed by atoms with E-state index in [4.69, 9.17) is 39.5 Å². The van der Waals surface area contributed by atoms with Gasteiger partial charge in [-0.2, -0.15) is 0 Å². The van der Waals surface area contributed by atoms with Crippen molar-refractivity contribution in [2.75, 3.05) is 32.2 Å². The van der Waals surface area contributed by atoms with Gasteiger partial charge in [-0.15, -0.1) is 0 Å². The third-order valence-corrected chi connectivity index (χ3v) is 3.84. The fourth-order valence-electron chi connectivity index (χ4n) is 2.03. The van der Waals surface area contributed by atoms with Crippen molar-refractivity contribution < 1.29 is 13.7 Å². The van der Waals surface area contributed by atoms with Crippen molar-refractivity contribution in [3.63, 3.8) is 0 Å². The third-order valence-electron chi connectivity index (χ3n) is 3.06. The number of benzene rings is 1. The molecule has 1 aromatic carbocycles. The van der Waals surface area contributed by atoms with E-state index in [0.717, 1.165) is 6.42 Å². The van der Waals surface area contributed by atoms with Gasteiger partial charge in [0.15, 0.2) is 5.75 Å². The number of carbonyl (C=O) groups is 1. The van der Waals surface area contributed by atoms with Gasteiger partial charge in [-0.05, 0) is 18.6 Å². The van der Waals surface area contributed by atoms with Crippen molar-refractivity contribution in [1.82, 2.24) is 14.5 Å². The predicted molar refractivity (Wildman–Crippen MR) is 112 cm³/mol. The summed E-state index contributed by atoms with van der Waals surface area (Å²) in [6.07, 6.45) is 8.76. The monoisotopic (exact) mass is 453 g/mol. The molecule has 27 heavy (non-hydrogen) atoms. The molecule has 1 heterocycles. The van der Waals surface area contributed by atoms with Gasteiger partial charge >= 0.3 is 6.03 Å². The second-order valence-corrected chi connectivity index (χ2v) is 8.26. The van der Waals surface area contributed by atoms with Crippen molar-refractivity contribution in [3.05, 3.63) is 45.9 Å². The van der Waals surface area contributed by atoms with Crippen LogP contribution < -0.4 is 4.74 Å². The number of hydrogen-bond donors (Lipinski definition) is 0. The summed E-state index contributed by atoms with van der Waals surface area (Å²) in [6.45, 7) is 3.28. The second-order valence-electron chi connectivity index (χ2n) is 5.53. The molecule has 1 amide bonds. The van der Waals surface area contributed by atoms with E-state index in [9.17, 15) is 9.00 Å². The molecule has 0 N–H and O–H groups in total. The molecule has 0 spiro atoms. The molecule has 10 heteroatoms. The van der Waals surface area contributed by atoms with Crippen LogP contribution in [-0.4, -0.2) is 56.9 Å². The Morgan fingerprint density at radius 2 is 1.81 bits per heavy atom. The standard InChI is InChI=1S/C15H16Cl3N3O2.C2H6OS/c1-2-4-20(15(22)21-5-3-19-10-21)6-7-23-14-12(17)8-11(16)9-13(14)18;1-4(2)3/h3,5,8-10H,2,4,6-7H2,1H3;1-2H3. The van der Waals surface area contributed by atoms with E-state index in [2.05, 4.69) is 4.98 Å². The molecule has 0 aliphatic rings. The summed E-state index contributed by atoms with van der Waals surface area (Å²) >= 11 is 18.0. The number of ether oxygens (including phenoxy) is 1. The van der Waals surface area contributed by atoms with Crippen LogP contribution in [0, 0.1) is 0 Å². The largest absolute Gasteiger partial charge is 0.489 e. The van der Waals surface area contributed by atoms with E-state index in [1.54, 1.807) is 41.9 Å². The molecule has 0 saturated carbocycles. The highest BCUT2D eigenvalue weighted by atomic mass is 35.5. The average molecular weight is 455 g/mol. The van der Waals surface area contributed by atoms with Gasteiger partial charge in [0.05, 0.1) is 16.6 Å². The highest BCUT2D eigenvalue weighted by molar-refractivity contribution is 7.83. The Bertz CT molecular complexity index is 730. The number of aromatic nitrogens is 2. The summed E-state index contributed by atoms with van der Waals surface area (Å²) in [4.78, 5) is 17.9. The third kappa shape index (κ3) is 8.51. The summed E-state index contributed by atoms with van der Waals surface area (Å²) in [5, 5.41) is 1.12. The summed E-state index contributed by atoms with van der Waals surface area (Å²) in [5.41, 5.74) is 0. The van der Waals surface area contributed by atoms with Crippen molar-refractivity contribution >= 4 is 51.6 Å². The van der Waals surface area contributed by atoms with E-state index in [-0.39, 0.29) is 12.6 Å². The molecule has 0 bridgehead atoms. The molecular weight excluding hydrogens is 433 g/mol. The van der Waals surface area contributed by atoms with Gasteiger partial charge < -0.3 is 9.64 Å². The van der Waals surface area contributed by atoms with Crippen LogP contribution in [0.25, 0.3) is 0 Å². The SMILES string of the molecule is CCCN(CCOc1c(Cl)cc(Cl)cc1Cl)C(=O)n1ccnc1.CS(C)=O. The van der Waals surface area contributed by atoms with Gasteiger partial charge in [0, 0.05) is 47.3 Å². The van der Waals surface area contributed by atoms with Gasteiger partial charge in [0.2, 0.25) is 0 Å². The summed E-state index contributed by atoms with van der Waals surface area (Å²) in [5.74, 6) is 0.365. The maximum absolute atomic E-state index is 12.3. The van der Waals surface area contributed by atoms with E-state index in [0.29, 0.717) is 33.9 Å². The number of halogens is 3. The molecular formula is C17H22Cl3N3O3S. The molecule has 6 nitrogen and oxygen atoms in total. The van der Waals surface area contributed by atoms with Crippen molar-refractivity contribution in [2.45, 2.75) is 13.3 Å². The highest BCUT2D eigenvalue weighted by Gasteiger charge is 2.15.